The molecule has 0 amide bonds. The summed E-state index contributed by atoms with van der Waals surface area (Å²) in [6.45, 7) is 0. The molecular formula is C7H8N6. The zero-order valence-electron chi connectivity index (χ0n) is 6.73. The standard InChI is InChI=1S/C7H8N6/c8-5-4(3-12-13-6(5)9)7-10-1-2-11-7/h1-3H,(H2,8,12)(H2,9,13)(H,10,11). The van der Waals surface area contributed by atoms with Crippen molar-refractivity contribution in [2.24, 2.45) is 0 Å². The molecule has 6 nitrogen and oxygen atoms in total. The molecule has 0 fully saturated rings. The lowest BCUT2D eigenvalue weighted by atomic mass is 10.2. The van der Waals surface area contributed by atoms with Crippen molar-refractivity contribution in [3.63, 3.8) is 0 Å². The van der Waals surface area contributed by atoms with Crippen LogP contribution in [0.3, 0.4) is 0 Å². The van der Waals surface area contributed by atoms with Gasteiger partial charge in [-0.2, -0.15) is 5.10 Å². The summed E-state index contributed by atoms with van der Waals surface area (Å²) in [5, 5.41) is 7.30. The van der Waals surface area contributed by atoms with Gasteiger partial charge in [0.1, 0.15) is 5.82 Å². The van der Waals surface area contributed by atoms with Crippen LogP contribution in [-0.4, -0.2) is 20.2 Å². The number of H-pyrrole nitrogens is 1. The summed E-state index contributed by atoms with van der Waals surface area (Å²) in [4.78, 5) is 6.94. The van der Waals surface area contributed by atoms with Crippen LogP contribution in [-0.2, 0) is 0 Å². The van der Waals surface area contributed by atoms with Gasteiger partial charge in [0.2, 0.25) is 0 Å². The first-order valence-electron chi connectivity index (χ1n) is 3.65. The van der Waals surface area contributed by atoms with E-state index in [4.69, 9.17) is 11.5 Å². The number of nitrogens with zero attached hydrogens (tertiary/aromatic N) is 3. The topological polar surface area (TPSA) is 106 Å². The molecule has 2 aromatic rings. The number of hydrogen-bond acceptors (Lipinski definition) is 5. The van der Waals surface area contributed by atoms with Crippen LogP contribution in [0.2, 0.25) is 0 Å². The van der Waals surface area contributed by atoms with Crippen LogP contribution in [0.1, 0.15) is 0 Å². The Morgan fingerprint density at radius 2 is 2.15 bits per heavy atom. The molecule has 0 aromatic carbocycles. The maximum atomic E-state index is 5.69. The van der Waals surface area contributed by atoms with Gasteiger partial charge in [-0.3, -0.25) is 0 Å². The Hall–Kier alpha value is -2.11. The van der Waals surface area contributed by atoms with Crippen LogP contribution in [0.25, 0.3) is 11.4 Å². The number of anilines is 2. The van der Waals surface area contributed by atoms with E-state index in [9.17, 15) is 0 Å². The Labute approximate surface area is 74.0 Å². The Morgan fingerprint density at radius 3 is 2.85 bits per heavy atom. The van der Waals surface area contributed by atoms with Crippen molar-refractivity contribution < 1.29 is 0 Å². The van der Waals surface area contributed by atoms with Gasteiger partial charge in [-0.05, 0) is 0 Å². The number of nitrogens with one attached hydrogen (secondary N) is 1. The lowest BCUT2D eigenvalue weighted by molar-refractivity contribution is 1.04. The molecule has 0 bridgehead atoms. The largest absolute Gasteiger partial charge is 0.395 e. The molecule has 0 aliphatic heterocycles. The summed E-state index contributed by atoms with van der Waals surface area (Å²) in [6, 6.07) is 0. The average molecular weight is 176 g/mol. The fourth-order valence-electron chi connectivity index (χ4n) is 1.01. The number of rotatable bonds is 1. The molecule has 2 heterocycles. The number of aromatic nitrogens is 4. The molecule has 5 N–H and O–H groups in total. The predicted molar refractivity (Wildman–Crippen MR) is 48.4 cm³/mol. The van der Waals surface area contributed by atoms with Crippen molar-refractivity contribution in [3.8, 4) is 11.4 Å². The van der Waals surface area contributed by atoms with Gasteiger partial charge in [-0.15, -0.1) is 5.10 Å². The van der Waals surface area contributed by atoms with Gasteiger partial charge >= 0.3 is 0 Å². The highest BCUT2D eigenvalue weighted by atomic mass is 15.1. The predicted octanol–water partition coefficient (Wildman–Crippen LogP) is 0.0311. The first-order chi connectivity index (χ1) is 6.29. The van der Waals surface area contributed by atoms with Crippen molar-refractivity contribution in [1.29, 1.82) is 0 Å². The first-order valence-corrected chi connectivity index (χ1v) is 3.65. The van der Waals surface area contributed by atoms with Crippen molar-refractivity contribution in [3.05, 3.63) is 18.6 Å². The third-order valence-corrected chi connectivity index (χ3v) is 1.67. The lowest BCUT2D eigenvalue weighted by Crippen LogP contribution is -2.02. The molecule has 0 radical (unpaired) electrons. The van der Waals surface area contributed by atoms with Gasteiger partial charge in [0.05, 0.1) is 17.4 Å². The van der Waals surface area contributed by atoms with E-state index >= 15 is 0 Å². The molecule has 0 saturated carbocycles. The van der Waals surface area contributed by atoms with Crippen LogP contribution in [0.4, 0.5) is 11.5 Å². The SMILES string of the molecule is Nc1nncc(-c2ncc[nH]2)c1N. The first kappa shape index (κ1) is 7.53. The normalized spacial score (nSPS) is 10.2. The van der Waals surface area contributed by atoms with Gasteiger partial charge in [-0.1, -0.05) is 0 Å². The molecule has 2 rings (SSSR count). The van der Waals surface area contributed by atoms with E-state index in [-0.39, 0.29) is 5.82 Å². The molecule has 2 aromatic heterocycles. The lowest BCUT2D eigenvalue weighted by Gasteiger charge is -2.02. The molecule has 0 unspecified atom stereocenters. The van der Waals surface area contributed by atoms with Crippen molar-refractivity contribution in [2.45, 2.75) is 0 Å². The highest BCUT2D eigenvalue weighted by Gasteiger charge is 2.07. The Bertz CT molecular complexity index is 407. The van der Waals surface area contributed by atoms with Gasteiger partial charge in [-0.25, -0.2) is 4.98 Å². The molecule has 0 aliphatic rings. The molecule has 66 valence electrons. The number of nitrogen functional groups attached to an aromatic ring is 2. The molecular weight excluding hydrogens is 168 g/mol. The minimum Gasteiger partial charge on any atom is -0.395 e. The maximum absolute atomic E-state index is 5.69. The monoisotopic (exact) mass is 176 g/mol. The second-order valence-corrected chi connectivity index (χ2v) is 2.49. The van der Waals surface area contributed by atoms with E-state index in [1.54, 1.807) is 12.4 Å². The number of nitrogens with two attached hydrogens (primary N) is 2. The van der Waals surface area contributed by atoms with Crippen LogP contribution < -0.4 is 11.5 Å². The highest BCUT2D eigenvalue weighted by Crippen LogP contribution is 2.23. The number of imidazole rings is 1. The summed E-state index contributed by atoms with van der Waals surface area (Å²) in [5.41, 5.74) is 12.2. The molecule has 0 spiro atoms. The van der Waals surface area contributed by atoms with Gasteiger partial charge in [0.15, 0.2) is 5.82 Å². The fourth-order valence-corrected chi connectivity index (χ4v) is 1.01. The minimum absolute atomic E-state index is 0.217. The van der Waals surface area contributed by atoms with E-state index in [1.807, 2.05) is 0 Å². The highest BCUT2D eigenvalue weighted by molar-refractivity contribution is 5.77. The van der Waals surface area contributed by atoms with E-state index in [1.165, 1.54) is 6.20 Å². The Morgan fingerprint density at radius 1 is 1.31 bits per heavy atom. The van der Waals surface area contributed by atoms with Gasteiger partial charge < -0.3 is 16.5 Å². The van der Waals surface area contributed by atoms with Crippen molar-refractivity contribution in [1.82, 2.24) is 20.2 Å². The van der Waals surface area contributed by atoms with E-state index < -0.39 is 0 Å². The third-order valence-electron chi connectivity index (χ3n) is 1.67. The third kappa shape index (κ3) is 1.18. The second-order valence-electron chi connectivity index (χ2n) is 2.49. The smallest absolute Gasteiger partial charge is 0.170 e. The summed E-state index contributed by atoms with van der Waals surface area (Å²) in [5.74, 6) is 0.855. The van der Waals surface area contributed by atoms with E-state index in [0.717, 1.165) is 0 Å². The maximum Gasteiger partial charge on any atom is 0.170 e. The van der Waals surface area contributed by atoms with Crippen molar-refractivity contribution in [2.75, 3.05) is 11.5 Å². The molecule has 6 heteroatoms. The second kappa shape index (κ2) is 2.74. The molecule has 0 aliphatic carbocycles. The van der Waals surface area contributed by atoms with Crippen LogP contribution in [0.15, 0.2) is 18.6 Å². The van der Waals surface area contributed by atoms with E-state index in [0.29, 0.717) is 17.1 Å². The van der Waals surface area contributed by atoms with E-state index in [2.05, 4.69) is 20.2 Å². The quantitative estimate of drug-likeness (QED) is 0.568. The van der Waals surface area contributed by atoms with Crippen LogP contribution in [0, 0.1) is 0 Å². The zero-order valence-corrected chi connectivity index (χ0v) is 6.73. The van der Waals surface area contributed by atoms with Crippen LogP contribution >= 0.6 is 0 Å². The zero-order chi connectivity index (χ0) is 9.26. The Kier molecular flexibility index (Phi) is 1.59. The summed E-state index contributed by atoms with van der Waals surface area (Å²) < 4.78 is 0. The van der Waals surface area contributed by atoms with Gasteiger partial charge in [0, 0.05) is 12.4 Å². The summed E-state index contributed by atoms with van der Waals surface area (Å²) in [7, 11) is 0. The van der Waals surface area contributed by atoms with Gasteiger partial charge in [0.25, 0.3) is 0 Å². The summed E-state index contributed by atoms with van der Waals surface area (Å²) >= 11 is 0. The number of aromatic amines is 1. The van der Waals surface area contributed by atoms with Crippen LogP contribution in [0.5, 0.6) is 0 Å². The summed E-state index contributed by atoms with van der Waals surface area (Å²) in [6.07, 6.45) is 4.85. The number of hydrogen-bond donors (Lipinski definition) is 3. The average Bonchev–Trinajstić information content (AvgIpc) is 2.62. The molecule has 0 saturated heterocycles. The minimum atomic E-state index is 0.217. The Balaban J connectivity index is 2.59. The fraction of sp³-hybridized carbons (Fsp3) is 0. The molecule has 13 heavy (non-hydrogen) atoms. The van der Waals surface area contributed by atoms with Crippen molar-refractivity contribution >= 4 is 11.5 Å². The molecule has 0 atom stereocenters.